The van der Waals surface area contributed by atoms with Crippen LogP contribution in [-0.4, -0.2) is 24.5 Å². The number of aromatic nitrogens is 5. The summed E-state index contributed by atoms with van der Waals surface area (Å²) < 4.78 is 4.50. The predicted molar refractivity (Wildman–Crippen MR) is 84.8 cm³/mol. The molecule has 0 unspecified atom stereocenters. The second kappa shape index (κ2) is 5.65. The summed E-state index contributed by atoms with van der Waals surface area (Å²) in [6.07, 6.45) is 3.78. The predicted octanol–water partition coefficient (Wildman–Crippen LogP) is 3.45. The summed E-state index contributed by atoms with van der Waals surface area (Å²) in [6, 6.07) is 10.0. The van der Waals surface area contributed by atoms with Crippen LogP contribution in [-0.2, 0) is 6.54 Å². The van der Waals surface area contributed by atoms with Crippen LogP contribution in [0.4, 0.5) is 0 Å². The molecule has 1 aromatic carbocycles. The number of aromatic amines is 1. The molecule has 0 amide bonds. The molecule has 21 heavy (non-hydrogen) atoms. The second-order valence-electron chi connectivity index (χ2n) is 5.37. The van der Waals surface area contributed by atoms with Crippen molar-refractivity contribution in [2.75, 3.05) is 0 Å². The summed E-state index contributed by atoms with van der Waals surface area (Å²) in [4.78, 5) is 0. The van der Waals surface area contributed by atoms with Crippen LogP contribution in [0.1, 0.15) is 13.8 Å². The number of rotatable bonds is 4. The Morgan fingerprint density at radius 1 is 1.24 bits per heavy atom. The monoisotopic (exact) mass is 299 g/mol. The van der Waals surface area contributed by atoms with Gasteiger partial charge in [0.15, 0.2) is 10.6 Å². The van der Waals surface area contributed by atoms with Crippen molar-refractivity contribution < 1.29 is 0 Å². The van der Waals surface area contributed by atoms with Crippen LogP contribution in [0.5, 0.6) is 0 Å². The van der Waals surface area contributed by atoms with E-state index in [0.717, 1.165) is 23.6 Å². The van der Waals surface area contributed by atoms with Crippen LogP contribution in [0, 0.1) is 10.7 Å². The summed E-state index contributed by atoms with van der Waals surface area (Å²) in [5.74, 6) is 1.33. The van der Waals surface area contributed by atoms with Crippen molar-refractivity contribution in [2.45, 2.75) is 20.4 Å². The Morgan fingerprint density at radius 2 is 2.00 bits per heavy atom. The van der Waals surface area contributed by atoms with Gasteiger partial charge in [-0.1, -0.05) is 32.0 Å². The number of nitrogens with zero attached hydrogens (tertiary/aromatic N) is 4. The highest BCUT2D eigenvalue weighted by Gasteiger charge is 2.12. The van der Waals surface area contributed by atoms with E-state index in [9.17, 15) is 0 Å². The number of H-pyrrole nitrogens is 1. The molecule has 0 radical (unpaired) electrons. The number of benzene rings is 1. The third-order valence-electron chi connectivity index (χ3n) is 3.17. The van der Waals surface area contributed by atoms with E-state index in [1.165, 1.54) is 0 Å². The van der Waals surface area contributed by atoms with E-state index < -0.39 is 0 Å². The van der Waals surface area contributed by atoms with Gasteiger partial charge in [-0.15, -0.1) is 0 Å². The lowest BCUT2D eigenvalue weighted by Gasteiger charge is -2.07. The van der Waals surface area contributed by atoms with Crippen LogP contribution in [0.2, 0.25) is 0 Å². The van der Waals surface area contributed by atoms with Gasteiger partial charge >= 0.3 is 0 Å². The average molecular weight is 299 g/mol. The van der Waals surface area contributed by atoms with E-state index in [2.05, 4.69) is 29.1 Å². The first-order chi connectivity index (χ1) is 10.1. The van der Waals surface area contributed by atoms with Crippen molar-refractivity contribution in [3.63, 3.8) is 0 Å². The molecule has 0 bridgehead atoms. The van der Waals surface area contributed by atoms with Crippen LogP contribution < -0.4 is 0 Å². The Morgan fingerprint density at radius 3 is 2.71 bits per heavy atom. The van der Waals surface area contributed by atoms with Crippen molar-refractivity contribution in [1.82, 2.24) is 24.5 Å². The molecule has 0 saturated carbocycles. The Hall–Kier alpha value is -2.21. The smallest absolute Gasteiger partial charge is 0.195 e. The van der Waals surface area contributed by atoms with E-state index in [1.54, 1.807) is 0 Å². The van der Waals surface area contributed by atoms with Crippen LogP contribution in [0.15, 0.2) is 42.7 Å². The zero-order valence-electron chi connectivity index (χ0n) is 12.0. The lowest BCUT2D eigenvalue weighted by molar-refractivity contribution is 0.521. The molecule has 3 rings (SSSR count). The van der Waals surface area contributed by atoms with Gasteiger partial charge in [-0.25, -0.2) is 4.68 Å². The SMILES string of the molecule is CC(C)Cn1c(-c2cnn(-c3ccccc3)c2)n[nH]c1=S. The van der Waals surface area contributed by atoms with Gasteiger partial charge in [-0.3, -0.25) is 9.67 Å². The minimum Gasteiger partial charge on any atom is -0.300 e. The zero-order chi connectivity index (χ0) is 14.8. The number of para-hydroxylation sites is 1. The Bertz CT molecular complexity index is 782. The lowest BCUT2D eigenvalue weighted by atomic mass is 10.2. The molecule has 0 fully saturated rings. The normalized spacial score (nSPS) is 11.2. The van der Waals surface area contributed by atoms with Gasteiger partial charge in [0, 0.05) is 12.7 Å². The highest BCUT2D eigenvalue weighted by Crippen LogP contribution is 2.19. The highest BCUT2D eigenvalue weighted by atomic mass is 32.1. The van der Waals surface area contributed by atoms with Gasteiger partial charge in [0.25, 0.3) is 0 Å². The molecule has 0 saturated heterocycles. The fraction of sp³-hybridized carbons (Fsp3) is 0.267. The lowest BCUT2D eigenvalue weighted by Crippen LogP contribution is -2.06. The molecule has 0 aliphatic carbocycles. The molecule has 3 aromatic rings. The minimum atomic E-state index is 0.497. The van der Waals surface area contributed by atoms with Crippen LogP contribution >= 0.6 is 12.2 Å². The molecule has 5 nitrogen and oxygen atoms in total. The van der Waals surface area contributed by atoms with E-state index in [1.807, 2.05) is 52.0 Å². The summed E-state index contributed by atoms with van der Waals surface area (Å²) in [5.41, 5.74) is 1.97. The van der Waals surface area contributed by atoms with Crippen molar-refractivity contribution in [2.24, 2.45) is 5.92 Å². The number of nitrogens with one attached hydrogen (secondary N) is 1. The molecule has 1 N–H and O–H groups in total. The number of hydrogen-bond donors (Lipinski definition) is 1. The molecule has 108 valence electrons. The van der Waals surface area contributed by atoms with Crippen molar-refractivity contribution in [3.05, 3.63) is 47.5 Å². The summed E-state index contributed by atoms with van der Waals surface area (Å²) >= 11 is 5.31. The quantitative estimate of drug-likeness (QED) is 0.751. The molecule has 2 heterocycles. The molecule has 0 spiro atoms. The van der Waals surface area contributed by atoms with E-state index in [0.29, 0.717) is 10.7 Å². The summed E-state index contributed by atoms with van der Waals surface area (Å²) in [5, 5.41) is 11.6. The summed E-state index contributed by atoms with van der Waals surface area (Å²) in [6.45, 7) is 5.15. The van der Waals surface area contributed by atoms with Crippen LogP contribution in [0.3, 0.4) is 0 Å². The first kappa shape index (κ1) is 13.8. The van der Waals surface area contributed by atoms with Gasteiger partial charge in [0.2, 0.25) is 0 Å². The molecule has 0 aliphatic rings. The fourth-order valence-corrected chi connectivity index (χ4v) is 2.44. The molecule has 0 aliphatic heterocycles. The maximum absolute atomic E-state index is 5.31. The van der Waals surface area contributed by atoms with Gasteiger partial charge in [0.1, 0.15) is 0 Å². The Labute approximate surface area is 128 Å². The van der Waals surface area contributed by atoms with Crippen molar-refractivity contribution in [1.29, 1.82) is 0 Å². The third kappa shape index (κ3) is 2.80. The van der Waals surface area contributed by atoms with Crippen molar-refractivity contribution in [3.8, 4) is 17.1 Å². The topological polar surface area (TPSA) is 51.4 Å². The Kier molecular flexibility index (Phi) is 3.70. The molecule has 2 aromatic heterocycles. The first-order valence-electron chi connectivity index (χ1n) is 6.91. The van der Waals surface area contributed by atoms with Crippen molar-refractivity contribution >= 4 is 12.2 Å². The standard InChI is InChI=1S/C15H17N5S/c1-11(2)9-19-14(17-18-15(19)21)12-8-16-20(10-12)13-6-4-3-5-7-13/h3-8,10-11H,9H2,1-2H3,(H,18,21). The average Bonchev–Trinajstić information content (AvgIpc) is 3.08. The van der Waals surface area contributed by atoms with Gasteiger partial charge < -0.3 is 0 Å². The number of hydrogen-bond acceptors (Lipinski definition) is 3. The van der Waals surface area contributed by atoms with E-state index in [4.69, 9.17) is 12.2 Å². The third-order valence-corrected chi connectivity index (χ3v) is 3.48. The molecule has 6 heteroatoms. The minimum absolute atomic E-state index is 0.497. The van der Waals surface area contributed by atoms with Gasteiger partial charge in [0.05, 0.1) is 17.4 Å². The van der Waals surface area contributed by atoms with E-state index >= 15 is 0 Å². The molecular weight excluding hydrogens is 282 g/mol. The maximum Gasteiger partial charge on any atom is 0.195 e. The van der Waals surface area contributed by atoms with Gasteiger partial charge in [-0.05, 0) is 30.3 Å². The second-order valence-corrected chi connectivity index (χ2v) is 5.75. The molecule has 0 atom stereocenters. The zero-order valence-corrected chi connectivity index (χ0v) is 12.8. The largest absolute Gasteiger partial charge is 0.300 e. The van der Waals surface area contributed by atoms with Crippen LogP contribution in [0.25, 0.3) is 17.1 Å². The first-order valence-corrected chi connectivity index (χ1v) is 7.31. The Balaban J connectivity index is 1.99. The van der Waals surface area contributed by atoms with Gasteiger partial charge in [-0.2, -0.15) is 10.2 Å². The maximum atomic E-state index is 5.31. The molecular formula is C15H17N5S. The summed E-state index contributed by atoms with van der Waals surface area (Å²) in [7, 11) is 0. The highest BCUT2D eigenvalue weighted by molar-refractivity contribution is 7.71. The van der Waals surface area contributed by atoms with E-state index in [-0.39, 0.29) is 0 Å². The fourth-order valence-electron chi connectivity index (χ4n) is 2.23.